The van der Waals surface area contributed by atoms with Crippen LogP contribution in [0.3, 0.4) is 0 Å². The van der Waals surface area contributed by atoms with E-state index in [2.05, 4.69) is 6.92 Å². The minimum atomic E-state index is -0.858. The van der Waals surface area contributed by atoms with Crippen molar-refractivity contribution in [3.8, 4) is 0 Å². The van der Waals surface area contributed by atoms with Crippen LogP contribution < -0.4 is 0 Å². The Bertz CT molecular complexity index is 334. The van der Waals surface area contributed by atoms with Gasteiger partial charge in [-0.25, -0.2) is 4.79 Å². The lowest BCUT2D eigenvalue weighted by Crippen LogP contribution is -1.96. The molecule has 14 heavy (non-hydrogen) atoms. The number of benzene rings is 1. The minimum absolute atomic E-state index is 0.370. The van der Waals surface area contributed by atoms with Gasteiger partial charge in [0.2, 0.25) is 0 Å². The van der Waals surface area contributed by atoms with E-state index in [0.29, 0.717) is 5.56 Å². The maximum absolute atomic E-state index is 10.7. The molecule has 0 aromatic heterocycles. The van der Waals surface area contributed by atoms with Gasteiger partial charge in [-0.15, -0.1) is 11.8 Å². The number of hydrogen-bond donors (Lipinski definition) is 1. The Balaban J connectivity index is 2.90. The van der Waals surface area contributed by atoms with E-state index in [1.165, 1.54) is 0 Å². The van der Waals surface area contributed by atoms with E-state index in [-0.39, 0.29) is 0 Å². The lowest BCUT2D eigenvalue weighted by molar-refractivity contribution is 0.0696. The first-order valence-electron chi connectivity index (χ1n) is 4.62. The van der Waals surface area contributed by atoms with E-state index in [0.717, 1.165) is 22.6 Å². The van der Waals surface area contributed by atoms with Gasteiger partial charge < -0.3 is 5.11 Å². The molecule has 0 fully saturated rings. The zero-order valence-electron chi connectivity index (χ0n) is 8.41. The van der Waals surface area contributed by atoms with Gasteiger partial charge in [-0.1, -0.05) is 13.0 Å². The van der Waals surface area contributed by atoms with E-state index in [1.54, 1.807) is 23.9 Å². The normalized spacial score (nSPS) is 10.1. The molecular formula is C11H14O2S. The molecule has 0 saturated carbocycles. The van der Waals surface area contributed by atoms with Crippen molar-refractivity contribution in [3.63, 3.8) is 0 Å². The van der Waals surface area contributed by atoms with E-state index in [9.17, 15) is 4.79 Å². The van der Waals surface area contributed by atoms with Gasteiger partial charge in [0, 0.05) is 4.90 Å². The van der Waals surface area contributed by atoms with Gasteiger partial charge in [0.1, 0.15) is 0 Å². The van der Waals surface area contributed by atoms with Crippen LogP contribution in [0.5, 0.6) is 0 Å². The van der Waals surface area contributed by atoms with Gasteiger partial charge in [0.25, 0.3) is 0 Å². The number of aryl methyl sites for hydroxylation is 1. The van der Waals surface area contributed by atoms with Gasteiger partial charge in [0.15, 0.2) is 0 Å². The third-order valence-electron chi connectivity index (χ3n) is 1.90. The molecule has 0 radical (unpaired) electrons. The lowest BCUT2D eigenvalue weighted by atomic mass is 10.1. The summed E-state index contributed by atoms with van der Waals surface area (Å²) in [5.74, 6) is 0.174. The van der Waals surface area contributed by atoms with Gasteiger partial charge in [-0.2, -0.15) is 0 Å². The average molecular weight is 210 g/mol. The van der Waals surface area contributed by atoms with Gasteiger partial charge >= 0.3 is 5.97 Å². The highest BCUT2D eigenvalue weighted by Crippen LogP contribution is 2.24. The largest absolute Gasteiger partial charge is 0.478 e. The molecule has 0 aliphatic carbocycles. The molecule has 0 bridgehead atoms. The molecule has 0 atom stereocenters. The molecule has 0 spiro atoms. The number of rotatable bonds is 4. The molecule has 1 aromatic carbocycles. The van der Waals surface area contributed by atoms with Crippen molar-refractivity contribution in [2.24, 2.45) is 0 Å². The molecule has 1 rings (SSSR count). The monoisotopic (exact) mass is 210 g/mol. The Morgan fingerprint density at radius 1 is 1.50 bits per heavy atom. The van der Waals surface area contributed by atoms with Crippen molar-refractivity contribution in [1.82, 2.24) is 0 Å². The van der Waals surface area contributed by atoms with E-state index in [1.807, 2.05) is 13.0 Å². The number of carboxylic acids is 1. The lowest BCUT2D eigenvalue weighted by Gasteiger charge is -2.05. The fourth-order valence-corrected chi connectivity index (χ4v) is 2.03. The summed E-state index contributed by atoms with van der Waals surface area (Å²) in [5, 5.41) is 8.82. The van der Waals surface area contributed by atoms with Crippen LogP contribution >= 0.6 is 11.8 Å². The Labute approximate surface area is 88.3 Å². The molecular weight excluding hydrogens is 196 g/mol. The second-order valence-electron chi connectivity index (χ2n) is 3.13. The van der Waals surface area contributed by atoms with Gasteiger partial charge in [-0.05, 0) is 36.8 Å². The molecule has 1 aromatic rings. The SMILES string of the molecule is CCCSc1cc(C(=O)O)ccc1C. The number of carboxylic acid groups (broad SMARTS) is 1. The van der Waals surface area contributed by atoms with Crippen LogP contribution in [0.1, 0.15) is 29.3 Å². The first kappa shape index (κ1) is 11.1. The van der Waals surface area contributed by atoms with Crippen molar-refractivity contribution in [1.29, 1.82) is 0 Å². The minimum Gasteiger partial charge on any atom is -0.478 e. The molecule has 76 valence electrons. The third kappa shape index (κ3) is 2.77. The Hall–Kier alpha value is -0.960. The zero-order chi connectivity index (χ0) is 10.6. The van der Waals surface area contributed by atoms with Crippen LogP contribution in [-0.2, 0) is 0 Å². The molecule has 0 saturated heterocycles. The highest BCUT2D eigenvalue weighted by molar-refractivity contribution is 7.99. The highest BCUT2D eigenvalue weighted by atomic mass is 32.2. The topological polar surface area (TPSA) is 37.3 Å². The summed E-state index contributed by atoms with van der Waals surface area (Å²) >= 11 is 1.72. The standard InChI is InChI=1S/C11H14O2S/c1-3-6-14-10-7-9(11(12)13)5-4-8(10)2/h4-5,7H,3,6H2,1-2H3,(H,12,13). The third-order valence-corrected chi connectivity index (χ3v) is 3.26. The maximum atomic E-state index is 10.7. The van der Waals surface area contributed by atoms with Crippen molar-refractivity contribution in [2.45, 2.75) is 25.2 Å². The number of hydrogen-bond acceptors (Lipinski definition) is 2. The van der Waals surface area contributed by atoms with E-state index < -0.39 is 5.97 Å². The first-order valence-corrected chi connectivity index (χ1v) is 5.60. The summed E-state index contributed by atoms with van der Waals surface area (Å²) in [5.41, 5.74) is 1.52. The Kier molecular flexibility index (Phi) is 4.01. The fourth-order valence-electron chi connectivity index (χ4n) is 1.10. The maximum Gasteiger partial charge on any atom is 0.335 e. The molecule has 0 amide bonds. The van der Waals surface area contributed by atoms with Crippen LogP contribution in [0, 0.1) is 6.92 Å². The Morgan fingerprint density at radius 3 is 2.79 bits per heavy atom. The van der Waals surface area contributed by atoms with Crippen molar-refractivity contribution in [3.05, 3.63) is 29.3 Å². The van der Waals surface area contributed by atoms with Gasteiger partial charge in [0.05, 0.1) is 5.56 Å². The predicted molar refractivity (Wildman–Crippen MR) is 59.2 cm³/mol. The second kappa shape index (κ2) is 5.05. The average Bonchev–Trinajstić information content (AvgIpc) is 2.16. The summed E-state index contributed by atoms with van der Waals surface area (Å²) in [6, 6.07) is 5.26. The van der Waals surface area contributed by atoms with Crippen molar-refractivity contribution in [2.75, 3.05) is 5.75 Å². The smallest absolute Gasteiger partial charge is 0.335 e. The molecule has 2 nitrogen and oxygen atoms in total. The molecule has 0 aliphatic heterocycles. The van der Waals surface area contributed by atoms with Crippen LogP contribution in [0.15, 0.2) is 23.1 Å². The molecule has 0 aliphatic rings. The highest BCUT2D eigenvalue weighted by Gasteiger charge is 2.05. The molecule has 0 heterocycles. The van der Waals surface area contributed by atoms with Crippen molar-refractivity contribution < 1.29 is 9.90 Å². The molecule has 1 N–H and O–H groups in total. The van der Waals surface area contributed by atoms with Crippen molar-refractivity contribution >= 4 is 17.7 Å². The number of aromatic carboxylic acids is 1. The van der Waals surface area contributed by atoms with Crippen LogP contribution in [-0.4, -0.2) is 16.8 Å². The number of carbonyl (C=O) groups is 1. The summed E-state index contributed by atoms with van der Waals surface area (Å²) in [7, 11) is 0. The van der Waals surface area contributed by atoms with Gasteiger partial charge in [-0.3, -0.25) is 0 Å². The van der Waals surface area contributed by atoms with Crippen LogP contribution in [0.2, 0.25) is 0 Å². The first-order chi connectivity index (χ1) is 6.65. The van der Waals surface area contributed by atoms with E-state index in [4.69, 9.17) is 5.11 Å². The summed E-state index contributed by atoms with van der Waals surface area (Å²) < 4.78 is 0. The summed E-state index contributed by atoms with van der Waals surface area (Å²) in [6.45, 7) is 4.12. The summed E-state index contributed by atoms with van der Waals surface area (Å²) in [4.78, 5) is 11.8. The van der Waals surface area contributed by atoms with Crippen LogP contribution in [0.25, 0.3) is 0 Å². The van der Waals surface area contributed by atoms with E-state index >= 15 is 0 Å². The quantitative estimate of drug-likeness (QED) is 0.775. The molecule has 3 heteroatoms. The fraction of sp³-hybridized carbons (Fsp3) is 0.364. The zero-order valence-corrected chi connectivity index (χ0v) is 9.23. The second-order valence-corrected chi connectivity index (χ2v) is 4.27. The summed E-state index contributed by atoms with van der Waals surface area (Å²) in [6.07, 6.45) is 1.10. The molecule has 0 unspecified atom stereocenters. The predicted octanol–water partition coefficient (Wildman–Crippen LogP) is 3.20. The Morgan fingerprint density at radius 2 is 2.21 bits per heavy atom. The van der Waals surface area contributed by atoms with Crippen LogP contribution in [0.4, 0.5) is 0 Å². The number of thioether (sulfide) groups is 1.